The minimum Gasteiger partial charge on any atom is -0.506 e. The Morgan fingerprint density at radius 1 is 1.20 bits per heavy atom. The van der Waals surface area contributed by atoms with Crippen LogP contribution in [0, 0.1) is 0 Å². The molecule has 0 radical (unpaired) electrons. The van der Waals surface area contributed by atoms with Crippen LogP contribution in [0.5, 0.6) is 5.75 Å². The monoisotopic (exact) mass is 287 g/mol. The third kappa shape index (κ3) is 2.12. The highest BCUT2D eigenvalue weighted by Gasteiger charge is 2.15. The van der Waals surface area contributed by atoms with Crippen molar-refractivity contribution >= 4 is 22.6 Å². The third-order valence-electron chi connectivity index (χ3n) is 3.15. The third-order valence-corrected chi connectivity index (χ3v) is 3.39. The topological polar surface area (TPSA) is 50.9 Å². The Labute approximate surface area is 121 Å². The Balaban J connectivity index is 2.32. The smallest absolute Gasteiger partial charge is 0.143 e. The summed E-state index contributed by atoms with van der Waals surface area (Å²) in [6.45, 7) is 4.19. The van der Waals surface area contributed by atoms with Crippen molar-refractivity contribution in [1.29, 1.82) is 0 Å². The maximum atomic E-state index is 9.60. The molecule has 0 saturated heterocycles. The van der Waals surface area contributed by atoms with Crippen LogP contribution in [0.2, 0.25) is 5.02 Å². The van der Waals surface area contributed by atoms with Crippen molar-refractivity contribution in [3.63, 3.8) is 0 Å². The molecule has 1 N–H and O–H groups in total. The first-order chi connectivity index (χ1) is 9.56. The predicted octanol–water partition coefficient (Wildman–Crippen LogP) is 4.04. The van der Waals surface area contributed by atoms with Gasteiger partial charge in [0.1, 0.15) is 11.6 Å². The van der Waals surface area contributed by atoms with Crippen molar-refractivity contribution in [3.05, 3.63) is 41.7 Å². The Kier molecular flexibility index (Phi) is 3.10. The molecule has 0 spiro atoms. The van der Waals surface area contributed by atoms with Gasteiger partial charge < -0.3 is 9.67 Å². The Hall–Kier alpha value is -2.07. The van der Waals surface area contributed by atoms with Gasteiger partial charge in [-0.15, -0.1) is 0 Å². The van der Waals surface area contributed by atoms with Crippen LogP contribution in [0.25, 0.3) is 22.4 Å². The summed E-state index contributed by atoms with van der Waals surface area (Å²) >= 11 is 6.03. The summed E-state index contributed by atoms with van der Waals surface area (Å²) in [6, 6.07) is 7.56. The van der Waals surface area contributed by atoms with Gasteiger partial charge in [0.2, 0.25) is 0 Å². The highest BCUT2D eigenvalue weighted by molar-refractivity contribution is 6.31. The maximum absolute atomic E-state index is 9.60. The molecule has 0 aliphatic rings. The van der Waals surface area contributed by atoms with Gasteiger partial charge in [0, 0.05) is 22.8 Å². The van der Waals surface area contributed by atoms with Crippen molar-refractivity contribution in [1.82, 2.24) is 14.5 Å². The number of pyridine rings is 1. The first-order valence-corrected chi connectivity index (χ1v) is 6.76. The van der Waals surface area contributed by atoms with Crippen LogP contribution in [0.4, 0.5) is 0 Å². The molecule has 0 bridgehead atoms. The van der Waals surface area contributed by atoms with E-state index in [1.54, 1.807) is 12.3 Å². The molecule has 102 valence electrons. The lowest BCUT2D eigenvalue weighted by atomic mass is 10.2. The van der Waals surface area contributed by atoms with Crippen LogP contribution >= 0.6 is 11.6 Å². The van der Waals surface area contributed by atoms with Gasteiger partial charge in [0.25, 0.3) is 0 Å². The zero-order valence-corrected chi connectivity index (χ0v) is 12.0. The number of aromatic nitrogens is 3. The second-order valence-corrected chi connectivity index (χ2v) is 5.40. The average Bonchev–Trinajstić information content (AvgIpc) is 2.77. The number of nitrogens with zero attached hydrogens (tertiary/aromatic N) is 3. The van der Waals surface area contributed by atoms with E-state index in [4.69, 9.17) is 11.6 Å². The summed E-state index contributed by atoms with van der Waals surface area (Å²) in [4.78, 5) is 8.65. The van der Waals surface area contributed by atoms with Crippen molar-refractivity contribution < 1.29 is 5.11 Å². The van der Waals surface area contributed by atoms with Crippen LogP contribution in [0.1, 0.15) is 19.9 Å². The molecule has 0 aliphatic heterocycles. The molecule has 0 saturated carbocycles. The Morgan fingerprint density at radius 3 is 2.70 bits per heavy atom. The number of hydrogen-bond acceptors (Lipinski definition) is 3. The molecule has 2 heterocycles. The number of rotatable bonds is 2. The SMILES string of the molecule is CC(C)n1c(-c2cncc(O)c2)nc2cc(Cl)ccc21. The fourth-order valence-corrected chi connectivity index (χ4v) is 2.51. The molecular formula is C15H14ClN3O. The van der Waals surface area contributed by atoms with Gasteiger partial charge in [0.15, 0.2) is 0 Å². The van der Waals surface area contributed by atoms with E-state index in [2.05, 4.69) is 28.4 Å². The van der Waals surface area contributed by atoms with E-state index in [1.165, 1.54) is 6.20 Å². The molecule has 3 aromatic rings. The van der Waals surface area contributed by atoms with E-state index in [0.717, 1.165) is 22.4 Å². The van der Waals surface area contributed by atoms with Gasteiger partial charge in [0.05, 0.1) is 17.2 Å². The maximum Gasteiger partial charge on any atom is 0.143 e. The summed E-state index contributed by atoms with van der Waals surface area (Å²) in [5.74, 6) is 0.906. The minimum absolute atomic E-state index is 0.128. The average molecular weight is 288 g/mol. The van der Waals surface area contributed by atoms with Crippen molar-refractivity contribution in [3.8, 4) is 17.1 Å². The lowest BCUT2D eigenvalue weighted by molar-refractivity contribution is 0.473. The molecule has 3 rings (SSSR count). The summed E-state index contributed by atoms with van der Waals surface area (Å²) < 4.78 is 2.11. The lowest BCUT2D eigenvalue weighted by Crippen LogP contribution is -2.03. The Bertz CT molecular complexity index is 780. The molecular weight excluding hydrogens is 274 g/mol. The zero-order chi connectivity index (χ0) is 14.3. The van der Waals surface area contributed by atoms with E-state index >= 15 is 0 Å². The van der Waals surface area contributed by atoms with E-state index in [1.807, 2.05) is 18.2 Å². The van der Waals surface area contributed by atoms with Gasteiger partial charge in [-0.05, 0) is 38.1 Å². The van der Waals surface area contributed by atoms with Gasteiger partial charge in [-0.2, -0.15) is 0 Å². The van der Waals surface area contributed by atoms with Crippen LogP contribution in [-0.2, 0) is 0 Å². The molecule has 0 aliphatic carbocycles. The van der Waals surface area contributed by atoms with E-state index in [0.29, 0.717) is 5.02 Å². The molecule has 2 aromatic heterocycles. The number of imidazole rings is 1. The number of benzene rings is 1. The summed E-state index contributed by atoms with van der Waals surface area (Å²) in [5.41, 5.74) is 2.64. The number of aromatic hydroxyl groups is 1. The van der Waals surface area contributed by atoms with E-state index in [-0.39, 0.29) is 11.8 Å². The van der Waals surface area contributed by atoms with Crippen molar-refractivity contribution in [2.24, 2.45) is 0 Å². The molecule has 1 aromatic carbocycles. The van der Waals surface area contributed by atoms with Crippen molar-refractivity contribution in [2.75, 3.05) is 0 Å². The summed E-state index contributed by atoms with van der Waals surface area (Å²) in [5, 5.41) is 10.3. The largest absolute Gasteiger partial charge is 0.506 e. The normalized spacial score (nSPS) is 11.4. The van der Waals surface area contributed by atoms with Gasteiger partial charge in [-0.3, -0.25) is 4.98 Å². The van der Waals surface area contributed by atoms with Gasteiger partial charge >= 0.3 is 0 Å². The minimum atomic E-state index is 0.128. The fraction of sp³-hybridized carbons (Fsp3) is 0.200. The quantitative estimate of drug-likeness (QED) is 0.774. The molecule has 0 fully saturated rings. The molecule has 0 atom stereocenters. The van der Waals surface area contributed by atoms with Crippen LogP contribution in [0.15, 0.2) is 36.7 Å². The van der Waals surface area contributed by atoms with Gasteiger partial charge in [-0.25, -0.2) is 4.98 Å². The highest BCUT2D eigenvalue weighted by atomic mass is 35.5. The number of fused-ring (bicyclic) bond motifs is 1. The van der Waals surface area contributed by atoms with Crippen LogP contribution < -0.4 is 0 Å². The number of hydrogen-bond donors (Lipinski definition) is 1. The standard InChI is InChI=1S/C15H14ClN3O/c1-9(2)19-14-4-3-11(16)6-13(14)18-15(19)10-5-12(20)8-17-7-10/h3-9,20H,1-2H3. The molecule has 20 heavy (non-hydrogen) atoms. The second kappa shape index (κ2) is 4.80. The van der Waals surface area contributed by atoms with Crippen LogP contribution in [0.3, 0.4) is 0 Å². The number of halogens is 1. The molecule has 4 nitrogen and oxygen atoms in total. The lowest BCUT2D eigenvalue weighted by Gasteiger charge is -2.13. The summed E-state index contributed by atoms with van der Waals surface area (Å²) in [6.07, 6.45) is 3.10. The van der Waals surface area contributed by atoms with Crippen LogP contribution in [-0.4, -0.2) is 19.6 Å². The van der Waals surface area contributed by atoms with E-state index in [9.17, 15) is 5.11 Å². The molecule has 0 unspecified atom stereocenters. The van der Waals surface area contributed by atoms with Gasteiger partial charge in [-0.1, -0.05) is 11.6 Å². The summed E-state index contributed by atoms with van der Waals surface area (Å²) in [7, 11) is 0. The second-order valence-electron chi connectivity index (χ2n) is 4.96. The highest BCUT2D eigenvalue weighted by Crippen LogP contribution is 2.30. The Morgan fingerprint density at radius 2 is 2.00 bits per heavy atom. The first kappa shape index (κ1) is 12.9. The van der Waals surface area contributed by atoms with E-state index < -0.39 is 0 Å². The van der Waals surface area contributed by atoms with Crippen molar-refractivity contribution in [2.45, 2.75) is 19.9 Å². The first-order valence-electron chi connectivity index (χ1n) is 6.38. The molecule has 0 amide bonds. The fourth-order valence-electron chi connectivity index (χ4n) is 2.35. The molecule has 5 heteroatoms. The predicted molar refractivity (Wildman–Crippen MR) is 80.0 cm³/mol. The zero-order valence-electron chi connectivity index (χ0n) is 11.2.